The Kier molecular flexibility index (Phi) is 9.56. The highest BCUT2D eigenvalue weighted by Crippen LogP contribution is 1.91. The summed E-state index contributed by atoms with van der Waals surface area (Å²) in [5.41, 5.74) is 0.712. The lowest BCUT2D eigenvalue weighted by Gasteiger charge is -1.81. The second-order valence-corrected chi connectivity index (χ2v) is 1.48. The first kappa shape index (κ1) is 11.8. The Morgan fingerprint density at radius 3 is 1.90 bits per heavy atom. The molecule has 0 bridgehead atoms. The van der Waals surface area contributed by atoms with Crippen molar-refractivity contribution in [2.24, 2.45) is 4.99 Å². The van der Waals surface area contributed by atoms with Crippen LogP contribution < -0.4 is 0 Å². The SMILES string of the molecule is C=C(C)/C=N\C(=C)F.CC. The molecule has 2 heteroatoms. The molecule has 0 aromatic carbocycles. The molecule has 0 aliphatic carbocycles. The Hall–Kier alpha value is -0.920. The smallest absolute Gasteiger partial charge is 0.205 e. The van der Waals surface area contributed by atoms with Crippen LogP contribution in [0.4, 0.5) is 4.39 Å². The zero-order valence-corrected chi connectivity index (χ0v) is 6.82. The van der Waals surface area contributed by atoms with Crippen molar-refractivity contribution in [1.29, 1.82) is 0 Å². The summed E-state index contributed by atoms with van der Waals surface area (Å²) in [5, 5.41) is 0. The van der Waals surface area contributed by atoms with E-state index in [1.807, 2.05) is 13.8 Å². The van der Waals surface area contributed by atoms with Crippen molar-refractivity contribution in [2.45, 2.75) is 20.8 Å². The van der Waals surface area contributed by atoms with Gasteiger partial charge in [-0.3, -0.25) is 0 Å². The fourth-order valence-electron chi connectivity index (χ4n) is 0.180. The summed E-state index contributed by atoms with van der Waals surface area (Å²) < 4.78 is 11.6. The van der Waals surface area contributed by atoms with Crippen molar-refractivity contribution in [1.82, 2.24) is 0 Å². The van der Waals surface area contributed by atoms with Gasteiger partial charge in [-0.1, -0.05) is 20.4 Å². The fraction of sp³-hybridized carbons (Fsp3) is 0.375. The van der Waals surface area contributed by atoms with E-state index in [4.69, 9.17) is 0 Å². The van der Waals surface area contributed by atoms with Crippen molar-refractivity contribution < 1.29 is 4.39 Å². The predicted molar refractivity (Wildman–Crippen MR) is 44.9 cm³/mol. The molecule has 0 unspecified atom stereocenters. The van der Waals surface area contributed by atoms with E-state index in [2.05, 4.69) is 18.2 Å². The molecule has 0 aliphatic rings. The third-order valence-corrected chi connectivity index (χ3v) is 0.425. The Balaban J connectivity index is 0. The van der Waals surface area contributed by atoms with Gasteiger partial charge in [0.15, 0.2) is 0 Å². The molecule has 0 heterocycles. The number of nitrogens with zero attached hydrogens (tertiary/aromatic N) is 1. The topological polar surface area (TPSA) is 12.4 Å². The van der Waals surface area contributed by atoms with E-state index in [1.54, 1.807) is 6.92 Å². The van der Waals surface area contributed by atoms with Gasteiger partial charge in [-0.2, -0.15) is 4.39 Å². The van der Waals surface area contributed by atoms with Crippen LogP contribution in [0.25, 0.3) is 0 Å². The summed E-state index contributed by atoms with van der Waals surface area (Å²) in [5.74, 6) is -0.687. The van der Waals surface area contributed by atoms with Gasteiger partial charge >= 0.3 is 0 Å². The van der Waals surface area contributed by atoms with Gasteiger partial charge in [0.2, 0.25) is 5.95 Å². The summed E-state index contributed by atoms with van der Waals surface area (Å²) in [4.78, 5) is 3.24. The predicted octanol–water partition coefficient (Wildman–Crippen LogP) is 3.10. The number of allylic oxidation sites excluding steroid dienone is 1. The molecule has 0 rings (SSSR count). The highest BCUT2D eigenvalue weighted by atomic mass is 19.1. The molecular weight excluding hydrogens is 129 g/mol. The second-order valence-electron chi connectivity index (χ2n) is 1.48. The average molecular weight is 143 g/mol. The van der Waals surface area contributed by atoms with Gasteiger partial charge in [0.1, 0.15) is 0 Å². The third kappa shape index (κ3) is 15.7. The Morgan fingerprint density at radius 2 is 1.80 bits per heavy atom. The maximum absolute atomic E-state index is 11.6. The van der Waals surface area contributed by atoms with Crippen molar-refractivity contribution in [2.75, 3.05) is 0 Å². The van der Waals surface area contributed by atoms with E-state index in [9.17, 15) is 4.39 Å². The third-order valence-electron chi connectivity index (χ3n) is 0.425. The molecule has 0 aliphatic heterocycles. The first-order chi connectivity index (χ1) is 4.63. The molecule has 0 fully saturated rings. The highest BCUT2D eigenvalue weighted by molar-refractivity contribution is 5.77. The zero-order chi connectivity index (χ0) is 8.57. The summed E-state index contributed by atoms with van der Waals surface area (Å²) in [6, 6.07) is 0. The maximum Gasteiger partial charge on any atom is 0.205 e. The molecule has 0 saturated heterocycles. The number of aliphatic imine (C=N–C) groups is 1. The van der Waals surface area contributed by atoms with Gasteiger partial charge in [-0.15, -0.1) is 0 Å². The summed E-state index contributed by atoms with van der Waals surface area (Å²) >= 11 is 0. The summed E-state index contributed by atoms with van der Waals surface area (Å²) in [6.45, 7) is 12.1. The number of rotatable bonds is 2. The van der Waals surface area contributed by atoms with Crippen LogP contribution in [0.3, 0.4) is 0 Å². The van der Waals surface area contributed by atoms with Gasteiger partial charge < -0.3 is 0 Å². The van der Waals surface area contributed by atoms with E-state index in [0.29, 0.717) is 5.57 Å². The van der Waals surface area contributed by atoms with Crippen LogP contribution in [-0.2, 0) is 0 Å². The summed E-state index contributed by atoms with van der Waals surface area (Å²) in [6.07, 6.45) is 1.32. The number of hydrogen-bond donors (Lipinski definition) is 0. The minimum Gasteiger partial charge on any atom is -0.229 e. The molecular formula is C8H14FN. The molecule has 0 amide bonds. The molecule has 0 spiro atoms. The molecule has 0 N–H and O–H groups in total. The lowest BCUT2D eigenvalue weighted by Crippen LogP contribution is -1.71. The van der Waals surface area contributed by atoms with Crippen molar-refractivity contribution in [3.63, 3.8) is 0 Å². The molecule has 0 aromatic heterocycles. The monoisotopic (exact) mass is 143 g/mol. The number of hydrogen-bond acceptors (Lipinski definition) is 1. The number of halogens is 1. The first-order valence-electron chi connectivity index (χ1n) is 3.17. The maximum atomic E-state index is 11.6. The van der Waals surface area contributed by atoms with Crippen LogP contribution in [0, 0.1) is 0 Å². The molecule has 0 saturated carbocycles. The molecule has 0 atom stereocenters. The Labute approximate surface area is 62.0 Å². The van der Waals surface area contributed by atoms with Crippen molar-refractivity contribution in [3.8, 4) is 0 Å². The van der Waals surface area contributed by atoms with Crippen LogP contribution in [0.15, 0.2) is 29.7 Å². The molecule has 0 radical (unpaired) electrons. The van der Waals surface area contributed by atoms with Gasteiger partial charge in [0, 0.05) is 6.21 Å². The Bertz CT molecular complexity index is 120. The Morgan fingerprint density at radius 1 is 1.40 bits per heavy atom. The second kappa shape index (κ2) is 8.08. The standard InChI is InChI=1S/C6H8FN.C2H6/c1-5(2)4-8-6(3)7;1-2/h4H,1,3H2,2H3;1-2H3/b8-4-;. The highest BCUT2D eigenvalue weighted by Gasteiger charge is 1.77. The minimum atomic E-state index is -0.687. The average Bonchev–Trinajstić information content (AvgIpc) is 1.89. The van der Waals surface area contributed by atoms with Crippen LogP contribution >= 0.6 is 0 Å². The lowest BCUT2D eigenvalue weighted by atomic mass is 10.4. The normalized spacial score (nSPS) is 8.40. The van der Waals surface area contributed by atoms with E-state index in [-0.39, 0.29) is 0 Å². The van der Waals surface area contributed by atoms with Gasteiger partial charge in [-0.05, 0) is 19.1 Å². The largest absolute Gasteiger partial charge is 0.229 e. The molecule has 0 aromatic rings. The van der Waals surface area contributed by atoms with E-state index >= 15 is 0 Å². The summed E-state index contributed by atoms with van der Waals surface area (Å²) in [7, 11) is 0. The van der Waals surface area contributed by atoms with Crippen molar-refractivity contribution in [3.05, 3.63) is 24.7 Å². The molecule has 58 valence electrons. The molecule has 10 heavy (non-hydrogen) atoms. The van der Waals surface area contributed by atoms with E-state index in [1.165, 1.54) is 6.21 Å². The molecule has 1 nitrogen and oxygen atoms in total. The first-order valence-corrected chi connectivity index (χ1v) is 3.17. The van der Waals surface area contributed by atoms with Crippen LogP contribution in [-0.4, -0.2) is 6.21 Å². The zero-order valence-electron chi connectivity index (χ0n) is 6.82. The van der Waals surface area contributed by atoms with Crippen molar-refractivity contribution >= 4 is 6.21 Å². The van der Waals surface area contributed by atoms with Crippen LogP contribution in [0.2, 0.25) is 0 Å². The van der Waals surface area contributed by atoms with Gasteiger partial charge in [0.05, 0.1) is 0 Å². The van der Waals surface area contributed by atoms with E-state index in [0.717, 1.165) is 0 Å². The van der Waals surface area contributed by atoms with Gasteiger partial charge in [0.25, 0.3) is 0 Å². The van der Waals surface area contributed by atoms with E-state index < -0.39 is 5.95 Å². The van der Waals surface area contributed by atoms with Gasteiger partial charge in [-0.25, -0.2) is 4.99 Å². The van der Waals surface area contributed by atoms with Crippen LogP contribution in [0.1, 0.15) is 20.8 Å². The fourth-order valence-corrected chi connectivity index (χ4v) is 0.180. The van der Waals surface area contributed by atoms with Crippen LogP contribution in [0.5, 0.6) is 0 Å². The lowest BCUT2D eigenvalue weighted by molar-refractivity contribution is 0.634. The quantitative estimate of drug-likeness (QED) is 0.416. The minimum absolute atomic E-state index is 0.687.